The summed E-state index contributed by atoms with van der Waals surface area (Å²) in [5.74, 6) is -1.14. The number of carbonyl (C=O) groups is 1. The summed E-state index contributed by atoms with van der Waals surface area (Å²) >= 11 is 0. The minimum Gasteiger partial charge on any atom is -0.481 e. The zero-order valence-corrected chi connectivity index (χ0v) is 12.0. The number of aliphatic carboxylic acids is 1. The molecule has 2 aliphatic rings. The topological polar surface area (TPSA) is 49.8 Å². The van der Waals surface area contributed by atoms with Crippen molar-refractivity contribution in [3.63, 3.8) is 0 Å². The van der Waals surface area contributed by atoms with E-state index in [1.54, 1.807) is 12.1 Å². The quantitative estimate of drug-likeness (QED) is 0.924. The van der Waals surface area contributed by atoms with E-state index in [4.69, 9.17) is 4.74 Å². The number of morpholine rings is 1. The first kappa shape index (κ1) is 14.5. The van der Waals surface area contributed by atoms with Gasteiger partial charge >= 0.3 is 5.97 Å². The van der Waals surface area contributed by atoms with Crippen molar-refractivity contribution in [1.82, 2.24) is 4.90 Å². The van der Waals surface area contributed by atoms with Crippen LogP contribution in [0.3, 0.4) is 0 Å². The maximum Gasteiger partial charge on any atom is 0.314 e. The summed E-state index contributed by atoms with van der Waals surface area (Å²) in [7, 11) is 0. The zero-order valence-electron chi connectivity index (χ0n) is 12.0. The van der Waals surface area contributed by atoms with Crippen molar-refractivity contribution < 1.29 is 19.0 Å². The highest BCUT2D eigenvalue weighted by molar-refractivity contribution is 5.82. The van der Waals surface area contributed by atoms with Crippen LogP contribution in [0.5, 0.6) is 0 Å². The molecule has 1 N–H and O–H groups in total. The molecule has 21 heavy (non-hydrogen) atoms. The lowest BCUT2D eigenvalue weighted by molar-refractivity contribution is -0.147. The smallest absolute Gasteiger partial charge is 0.314 e. The second kappa shape index (κ2) is 5.73. The third kappa shape index (κ3) is 2.68. The van der Waals surface area contributed by atoms with Gasteiger partial charge in [-0.25, -0.2) is 4.39 Å². The Morgan fingerprint density at radius 3 is 2.57 bits per heavy atom. The van der Waals surface area contributed by atoms with E-state index in [0.717, 1.165) is 19.5 Å². The van der Waals surface area contributed by atoms with Gasteiger partial charge in [-0.3, -0.25) is 9.69 Å². The predicted octanol–water partition coefficient (Wildman–Crippen LogP) is 2.16. The molecule has 1 saturated carbocycles. The Hall–Kier alpha value is -1.46. The van der Waals surface area contributed by atoms with Crippen LogP contribution in [0.1, 0.15) is 30.4 Å². The molecular weight excluding hydrogens is 273 g/mol. The second-order valence-electron chi connectivity index (χ2n) is 5.94. The van der Waals surface area contributed by atoms with Crippen LogP contribution in [0.4, 0.5) is 4.39 Å². The first-order chi connectivity index (χ1) is 10.1. The molecule has 2 fully saturated rings. The van der Waals surface area contributed by atoms with E-state index in [1.165, 1.54) is 6.07 Å². The minimum absolute atomic E-state index is 0.300. The summed E-state index contributed by atoms with van der Waals surface area (Å²) in [6, 6.07) is 4.94. The van der Waals surface area contributed by atoms with Crippen molar-refractivity contribution in [1.29, 1.82) is 0 Å². The third-order valence-corrected chi connectivity index (χ3v) is 4.72. The van der Waals surface area contributed by atoms with Crippen LogP contribution in [0.2, 0.25) is 0 Å². The minimum atomic E-state index is -0.863. The molecule has 5 heteroatoms. The van der Waals surface area contributed by atoms with Crippen molar-refractivity contribution in [2.24, 2.45) is 0 Å². The van der Waals surface area contributed by atoms with Gasteiger partial charge in [-0.15, -0.1) is 0 Å². The number of ether oxygens (including phenoxy) is 1. The van der Waals surface area contributed by atoms with Crippen LogP contribution >= 0.6 is 0 Å². The highest BCUT2D eigenvalue weighted by atomic mass is 19.1. The molecule has 0 amide bonds. The second-order valence-corrected chi connectivity index (χ2v) is 5.94. The average Bonchev–Trinajstić information content (AvgIpc) is 2.41. The molecule has 0 radical (unpaired) electrons. The van der Waals surface area contributed by atoms with Gasteiger partial charge in [0.2, 0.25) is 0 Å². The van der Waals surface area contributed by atoms with Gasteiger partial charge in [-0.1, -0.05) is 18.6 Å². The fourth-order valence-electron chi connectivity index (χ4n) is 3.13. The third-order valence-electron chi connectivity index (χ3n) is 4.72. The van der Waals surface area contributed by atoms with Gasteiger partial charge in [0.25, 0.3) is 0 Å². The van der Waals surface area contributed by atoms with Crippen LogP contribution < -0.4 is 0 Å². The van der Waals surface area contributed by atoms with Crippen LogP contribution in [-0.2, 0) is 21.5 Å². The Morgan fingerprint density at radius 1 is 1.33 bits per heavy atom. The number of hydrogen-bond donors (Lipinski definition) is 1. The maximum absolute atomic E-state index is 14.3. The summed E-state index contributed by atoms with van der Waals surface area (Å²) in [5, 5.41) is 9.41. The van der Waals surface area contributed by atoms with Gasteiger partial charge in [-0.05, 0) is 24.5 Å². The lowest BCUT2D eigenvalue weighted by atomic mass is 9.64. The monoisotopic (exact) mass is 293 g/mol. The fraction of sp³-hybridized carbons (Fsp3) is 0.562. The molecule has 1 aromatic rings. The molecule has 0 atom stereocenters. The molecule has 1 aliphatic carbocycles. The van der Waals surface area contributed by atoms with Crippen molar-refractivity contribution in [3.8, 4) is 0 Å². The lowest BCUT2D eigenvalue weighted by Gasteiger charge is -2.38. The molecule has 1 aliphatic heterocycles. The predicted molar refractivity (Wildman–Crippen MR) is 75.7 cm³/mol. The molecule has 1 aromatic carbocycles. The number of halogens is 1. The van der Waals surface area contributed by atoms with E-state index in [-0.39, 0.29) is 5.82 Å². The Labute approximate surface area is 123 Å². The van der Waals surface area contributed by atoms with Crippen molar-refractivity contribution in [2.75, 3.05) is 26.3 Å². The first-order valence-corrected chi connectivity index (χ1v) is 7.44. The standard InChI is InChI=1S/C16H20FNO3/c17-14-10-13(16(15(19)20)4-1-5-16)3-2-12(14)11-18-6-8-21-9-7-18/h2-3,10H,1,4-9,11H2,(H,19,20). The highest BCUT2D eigenvalue weighted by Gasteiger charge is 2.46. The molecule has 0 aromatic heterocycles. The SMILES string of the molecule is O=C(O)C1(c2ccc(CN3CCOCC3)c(F)c2)CCC1. The number of carboxylic acid groups (broad SMARTS) is 1. The zero-order chi connectivity index (χ0) is 14.9. The van der Waals surface area contributed by atoms with E-state index >= 15 is 0 Å². The van der Waals surface area contributed by atoms with Crippen molar-refractivity contribution >= 4 is 5.97 Å². The van der Waals surface area contributed by atoms with Crippen molar-refractivity contribution in [3.05, 3.63) is 35.1 Å². The summed E-state index contributed by atoms with van der Waals surface area (Å²) in [4.78, 5) is 13.6. The van der Waals surface area contributed by atoms with Gasteiger partial charge in [0, 0.05) is 25.2 Å². The molecular formula is C16H20FNO3. The Balaban J connectivity index is 1.78. The van der Waals surface area contributed by atoms with Crippen LogP contribution in [-0.4, -0.2) is 42.3 Å². The lowest BCUT2D eigenvalue weighted by Crippen LogP contribution is -2.42. The Kier molecular flexibility index (Phi) is 3.95. The van der Waals surface area contributed by atoms with E-state index in [0.29, 0.717) is 43.7 Å². The van der Waals surface area contributed by atoms with E-state index in [9.17, 15) is 14.3 Å². The maximum atomic E-state index is 14.3. The average molecular weight is 293 g/mol. The summed E-state index contributed by atoms with van der Waals surface area (Å²) in [5.41, 5.74) is 0.364. The van der Waals surface area contributed by atoms with Crippen LogP contribution in [0.25, 0.3) is 0 Å². The van der Waals surface area contributed by atoms with Crippen LogP contribution in [0, 0.1) is 5.82 Å². The largest absolute Gasteiger partial charge is 0.481 e. The Bertz CT molecular complexity index is 536. The van der Waals surface area contributed by atoms with Gasteiger partial charge in [0.05, 0.1) is 18.6 Å². The number of benzene rings is 1. The van der Waals surface area contributed by atoms with E-state index < -0.39 is 11.4 Å². The molecule has 0 spiro atoms. The Morgan fingerprint density at radius 2 is 2.05 bits per heavy atom. The van der Waals surface area contributed by atoms with Gasteiger partial charge < -0.3 is 9.84 Å². The van der Waals surface area contributed by atoms with Crippen molar-refractivity contribution in [2.45, 2.75) is 31.2 Å². The van der Waals surface area contributed by atoms with Gasteiger partial charge in [0.15, 0.2) is 0 Å². The number of hydrogen-bond acceptors (Lipinski definition) is 3. The fourth-order valence-corrected chi connectivity index (χ4v) is 3.13. The number of nitrogens with zero attached hydrogens (tertiary/aromatic N) is 1. The van der Waals surface area contributed by atoms with Gasteiger partial charge in [0.1, 0.15) is 5.82 Å². The molecule has 1 saturated heterocycles. The van der Waals surface area contributed by atoms with Crippen LogP contribution in [0.15, 0.2) is 18.2 Å². The van der Waals surface area contributed by atoms with Gasteiger partial charge in [-0.2, -0.15) is 0 Å². The summed E-state index contributed by atoms with van der Waals surface area (Å²) in [6.07, 6.45) is 2.10. The number of rotatable bonds is 4. The summed E-state index contributed by atoms with van der Waals surface area (Å²) < 4.78 is 19.6. The molecule has 3 rings (SSSR count). The molecule has 114 valence electrons. The summed E-state index contributed by atoms with van der Waals surface area (Å²) in [6.45, 7) is 3.53. The molecule has 0 unspecified atom stereocenters. The highest BCUT2D eigenvalue weighted by Crippen LogP contribution is 2.44. The molecule has 4 nitrogen and oxygen atoms in total. The molecule has 0 bridgehead atoms. The normalized spacial score (nSPS) is 21.8. The first-order valence-electron chi connectivity index (χ1n) is 7.44. The number of carboxylic acids is 1. The molecule has 1 heterocycles. The van der Waals surface area contributed by atoms with E-state index in [1.807, 2.05) is 0 Å². The van der Waals surface area contributed by atoms with E-state index in [2.05, 4.69) is 4.90 Å².